The van der Waals surface area contributed by atoms with Crippen LogP contribution in [0.25, 0.3) is 0 Å². The maximum atomic E-state index is 12.3. The molecule has 1 heterocycles. The van der Waals surface area contributed by atoms with Gasteiger partial charge in [0.25, 0.3) is 5.91 Å². The molecule has 0 atom stereocenters. The van der Waals surface area contributed by atoms with Crippen molar-refractivity contribution >= 4 is 12.1 Å². The molecule has 1 amide bonds. The molecule has 0 bridgehead atoms. The van der Waals surface area contributed by atoms with E-state index in [-0.39, 0.29) is 5.91 Å². The lowest BCUT2D eigenvalue weighted by molar-refractivity contribution is 0.0927. The molecule has 2 aliphatic rings. The molecule has 1 aromatic carbocycles. The number of carbonyl (C=O) groups is 2. The molecule has 1 aromatic rings. The molecular formula is C20H31N3O4. The molecule has 0 aromatic heterocycles. The summed E-state index contributed by atoms with van der Waals surface area (Å²) in [4.78, 5) is 23.4. The van der Waals surface area contributed by atoms with Crippen molar-refractivity contribution in [1.29, 1.82) is 0 Å². The second-order valence-electron chi connectivity index (χ2n) is 7.13. The fraction of sp³-hybridized carbons (Fsp3) is 0.600. The zero-order valence-electron chi connectivity index (χ0n) is 15.8. The van der Waals surface area contributed by atoms with Crippen molar-refractivity contribution in [3.63, 3.8) is 0 Å². The Labute approximate surface area is 160 Å². The first-order chi connectivity index (χ1) is 13.0. The predicted octanol–water partition coefficient (Wildman–Crippen LogP) is 2.42. The predicted molar refractivity (Wildman–Crippen MR) is 104 cm³/mol. The molecule has 0 spiro atoms. The summed E-state index contributed by atoms with van der Waals surface area (Å²) in [6, 6.07) is 8.55. The summed E-state index contributed by atoms with van der Waals surface area (Å²) < 4.78 is 0. The van der Waals surface area contributed by atoms with Gasteiger partial charge in [-0.05, 0) is 37.0 Å². The van der Waals surface area contributed by atoms with Gasteiger partial charge < -0.3 is 25.7 Å². The third kappa shape index (κ3) is 8.41. The lowest BCUT2D eigenvalue weighted by Gasteiger charge is -2.27. The van der Waals surface area contributed by atoms with E-state index >= 15 is 0 Å². The first kappa shape index (κ1) is 21.2. The van der Waals surface area contributed by atoms with Gasteiger partial charge in [0, 0.05) is 44.3 Å². The highest BCUT2D eigenvalue weighted by atomic mass is 16.6. The molecule has 2 fully saturated rings. The Kier molecular flexibility index (Phi) is 9.07. The Bertz CT molecular complexity index is 575. The van der Waals surface area contributed by atoms with E-state index in [9.17, 15) is 4.79 Å². The van der Waals surface area contributed by atoms with E-state index in [1.165, 1.54) is 24.8 Å². The third-order valence-electron chi connectivity index (χ3n) is 5.08. The van der Waals surface area contributed by atoms with Gasteiger partial charge in [0.05, 0.1) is 0 Å². The van der Waals surface area contributed by atoms with Crippen molar-refractivity contribution < 1.29 is 19.8 Å². The van der Waals surface area contributed by atoms with E-state index in [4.69, 9.17) is 15.0 Å². The van der Waals surface area contributed by atoms with Crippen LogP contribution in [0.2, 0.25) is 0 Å². The molecular weight excluding hydrogens is 346 g/mol. The largest absolute Gasteiger partial charge is 0.503 e. The quantitative estimate of drug-likeness (QED) is 0.629. The van der Waals surface area contributed by atoms with Crippen molar-refractivity contribution in [3.8, 4) is 0 Å². The van der Waals surface area contributed by atoms with Gasteiger partial charge in [-0.3, -0.25) is 4.79 Å². The van der Waals surface area contributed by atoms with E-state index in [1.807, 2.05) is 12.1 Å². The lowest BCUT2D eigenvalue weighted by Crippen LogP contribution is -2.44. The summed E-state index contributed by atoms with van der Waals surface area (Å²) in [6.45, 7) is 5.58. The van der Waals surface area contributed by atoms with Crippen molar-refractivity contribution in [1.82, 2.24) is 15.5 Å². The van der Waals surface area contributed by atoms with Gasteiger partial charge in [-0.25, -0.2) is 4.79 Å². The first-order valence-electron chi connectivity index (χ1n) is 9.79. The number of nitrogens with one attached hydrogen (secondary N) is 2. The van der Waals surface area contributed by atoms with Gasteiger partial charge in [-0.2, -0.15) is 0 Å². The molecule has 7 nitrogen and oxygen atoms in total. The SMILES string of the molecule is O=C(NC1CCCCC1)c1ccc(CCN2CCNCC2)cc1.O=C(O)O. The Morgan fingerprint density at radius 2 is 1.63 bits per heavy atom. The average Bonchev–Trinajstić information content (AvgIpc) is 2.68. The van der Waals surface area contributed by atoms with Crippen molar-refractivity contribution in [2.75, 3.05) is 32.7 Å². The summed E-state index contributed by atoms with van der Waals surface area (Å²) in [6.07, 6.45) is 5.30. The van der Waals surface area contributed by atoms with Gasteiger partial charge in [0.2, 0.25) is 0 Å². The Morgan fingerprint density at radius 1 is 1.04 bits per heavy atom. The molecule has 4 N–H and O–H groups in total. The number of hydrogen-bond donors (Lipinski definition) is 4. The number of benzene rings is 1. The first-order valence-corrected chi connectivity index (χ1v) is 9.79. The molecule has 0 unspecified atom stereocenters. The van der Waals surface area contributed by atoms with Gasteiger partial charge >= 0.3 is 6.16 Å². The highest BCUT2D eigenvalue weighted by Gasteiger charge is 2.16. The number of amides is 1. The van der Waals surface area contributed by atoms with E-state index in [0.29, 0.717) is 6.04 Å². The normalized spacial score (nSPS) is 18.2. The monoisotopic (exact) mass is 377 g/mol. The fourth-order valence-electron chi connectivity index (χ4n) is 3.56. The minimum Gasteiger partial charge on any atom is -0.450 e. The van der Waals surface area contributed by atoms with Crippen LogP contribution < -0.4 is 10.6 Å². The summed E-state index contributed by atoms with van der Waals surface area (Å²) in [7, 11) is 0. The molecule has 27 heavy (non-hydrogen) atoms. The van der Waals surface area contributed by atoms with Gasteiger partial charge in [0.15, 0.2) is 0 Å². The second-order valence-corrected chi connectivity index (χ2v) is 7.13. The Hall–Kier alpha value is -2.12. The molecule has 3 rings (SSSR count). The molecule has 1 saturated carbocycles. The molecule has 1 aliphatic carbocycles. The number of rotatable bonds is 5. The van der Waals surface area contributed by atoms with E-state index in [1.54, 1.807) is 0 Å². The van der Waals surface area contributed by atoms with Gasteiger partial charge in [-0.1, -0.05) is 31.4 Å². The molecule has 7 heteroatoms. The minimum absolute atomic E-state index is 0.0885. The molecule has 0 radical (unpaired) electrons. The maximum Gasteiger partial charge on any atom is 0.503 e. The van der Waals surface area contributed by atoms with Crippen LogP contribution in [0.15, 0.2) is 24.3 Å². The van der Waals surface area contributed by atoms with Crippen LogP contribution >= 0.6 is 0 Å². The van der Waals surface area contributed by atoms with Crippen LogP contribution in [0, 0.1) is 0 Å². The van der Waals surface area contributed by atoms with E-state index in [0.717, 1.165) is 57.5 Å². The lowest BCUT2D eigenvalue weighted by atomic mass is 9.95. The van der Waals surface area contributed by atoms with Gasteiger partial charge in [0.1, 0.15) is 0 Å². The zero-order chi connectivity index (χ0) is 19.5. The van der Waals surface area contributed by atoms with E-state index in [2.05, 4.69) is 27.7 Å². The molecule has 150 valence electrons. The van der Waals surface area contributed by atoms with Crippen LogP contribution in [0.3, 0.4) is 0 Å². The highest BCUT2D eigenvalue weighted by molar-refractivity contribution is 5.94. The summed E-state index contributed by atoms with van der Waals surface area (Å²) in [5.74, 6) is 0.0885. The Morgan fingerprint density at radius 3 is 2.22 bits per heavy atom. The van der Waals surface area contributed by atoms with Crippen molar-refractivity contribution in [3.05, 3.63) is 35.4 Å². The minimum atomic E-state index is -1.83. The van der Waals surface area contributed by atoms with Gasteiger partial charge in [-0.15, -0.1) is 0 Å². The third-order valence-corrected chi connectivity index (χ3v) is 5.08. The van der Waals surface area contributed by atoms with Crippen LogP contribution in [-0.4, -0.2) is 65.9 Å². The maximum absolute atomic E-state index is 12.3. The number of nitrogens with zero attached hydrogens (tertiary/aromatic N) is 1. The number of carboxylic acid groups (broad SMARTS) is 2. The number of carbonyl (C=O) groups excluding carboxylic acids is 1. The molecule has 1 saturated heterocycles. The summed E-state index contributed by atoms with van der Waals surface area (Å²) in [5.41, 5.74) is 2.11. The van der Waals surface area contributed by atoms with Crippen LogP contribution in [0.5, 0.6) is 0 Å². The van der Waals surface area contributed by atoms with Crippen LogP contribution in [0.4, 0.5) is 4.79 Å². The summed E-state index contributed by atoms with van der Waals surface area (Å²) >= 11 is 0. The van der Waals surface area contributed by atoms with Crippen LogP contribution in [-0.2, 0) is 6.42 Å². The fourth-order valence-corrected chi connectivity index (χ4v) is 3.56. The topological polar surface area (TPSA) is 102 Å². The highest BCUT2D eigenvalue weighted by Crippen LogP contribution is 2.18. The summed E-state index contributed by atoms with van der Waals surface area (Å²) in [5, 5.41) is 20.5. The van der Waals surface area contributed by atoms with E-state index < -0.39 is 6.16 Å². The number of piperazine rings is 1. The standard InChI is InChI=1S/C19H29N3O.CH2O3/c23-19(21-18-4-2-1-3-5-18)17-8-6-16(7-9-17)10-13-22-14-11-20-12-15-22;2-1(3)4/h6-9,18,20H,1-5,10-15H2,(H,21,23);(H2,2,3,4). The average molecular weight is 377 g/mol. The Balaban J connectivity index is 0.000000596. The number of hydrogen-bond acceptors (Lipinski definition) is 4. The van der Waals surface area contributed by atoms with Crippen LogP contribution in [0.1, 0.15) is 48.0 Å². The second kappa shape index (κ2) is 11.6. The van der Waals surface area contributed by atoms with Crippen molar-refractivity contribution in [2.45, 2.75) is 44.6 Å². The van der Waals surface area contributed by atoms with Crippen molar-refractivity contribution in [2.24, 2.45) is 0 Å². The zero-order valence-corrected chi connectivity index (χ0v) is 15.8. The molecule has 1 aliphatic heterocycles. The smallest absolute Gasteiger partial charge is 0.450 e.